The molecule has 1 atom stereocenters. The normalized spacial score (nSPS) is 19.4. The van der Waals surface area contributed by atoms with E-state index in [1.54, 1.807) is 12.1 Å². The Hall–Kier alpha value is -2.74. The maximum absolute atomic E-state index is 6.28. The average molecular weight is 424 g/mol. The zero-order valence-corrected chi connectivity index (χ0v) is 17.2. The second kappa shape index (κ2) is 8.55. The van der Waals surface area contributed by atoms with Crippen molar-refractivity contribution in [1.29, 1.82) is 0 Å². The molecule has 1 unspecified atom stereocenters. The standard InChI is InChI=1S/C22H22ClN5O2/c23-22-25-24-20-8-9-21(26-28(20)22)30-19-14-16(15-27-10-12-29-13-11-27)6-7-18(19)17-4-2-1-3-5-17/h1-4,6-9,14,17H,5,10-13,15H2. The molecule has 30 heavy (non-hydrogen) atoms. The molecule has 0 bridgehead atoms. The highest BCUT2D eigenvalue weighted by molar-refractivity contribution is 6.28. The third-order valence-electron chi connectivity index (χ3n) is 5.38. The number of nitrogens with zero attached hydrogens (tertiary/aromatic N) is 5. The Kier molecular flexibility index (Phi) is 5.48. The lowest BCUT2D eigenvalue weighted by molar-refractivity contribution is 0.0342. The van der Waals surface area contributed by atoms with Gasteiger partial charge in [0.05, 0.1) is 13.2 Å². The van der Waals surface area contributed by atoms with Crippen molar-refractivity contribution in [2.45, 2.75) is 18.9 Å². The summed E-state index contributed by atoms with van der Waals surface area (Å²) in [7, 11) is 0. The number of halogens is 1. The van der Waals surface area contributed by atoms with Gasteiger partial charge >= 0.3 is 0 Å². The van der Waals surface area contributed by atoms with E-state index < -0.39 is 0 Å². The van der Waals surface area contributed by atoms with Crippen LogP contribution in [0.2, 0.25) is 5.28 Å². The first kappa shape index (κ1) is 19.2. The Morgan fingerprint density at radius 2 is 2.00 bits per heavy atom. The van der Waals surface area contributed by atoms with E-state index in [1.165, 1.54) is 10.1 Å². The van der Waals surface area contributed by atoms with Gasteiger partial charge in [-0.1, -0.05) is 36.4 Å². The van der Waals surface area contributed by atoms with Crippen LogP contribution in [-0.4, -0.2) is 51.0 Å². The van der Waals surface area contributed by atoms with Crippen molar-refractivity contribution in [3.8, 4) is 11.6 Å². The smallest absolute Gasteiger partial charge is 0.246 e. The lowest BCUT2D eigenvalue weighted by Gasteiger charge is -2.27. The molecular formula is C22H22ClN5O2. The summed E-state index contributed by atoms with van der Waals surface area (Å²) in [6, 6.07) is 10.1. The third-order valence-corrected chi connectivity index (χ3v) is 5.62. The molecule has 0 spiro atoms. The molecule has 0 N–H and O–H groups in total. The van der Waals surface area contributed by atoms with Gasteiger partial charge in [-0.3, -0.25) is 4.90 Å². The molecule has 0 amide bonds. The summed E-state index contributed by atoms with van der Waals surface area (Å²) in [5.74, 6) is 1.52. The van der Waals surface area contributed by atoms with Crippen LogP contribution in [-0.2, 0) is 11.3 Å². The van der Waals surface area contributed by atoms with Crippen LogP contribution >= 0.6 is 11.6 Å². The predicted molar refractivity (Wildman–Crippen MR) is 114 cm³/mol. The van der Waals surface area contributed by atoms with Gasteiger partial charge in [0, 0.05) is 37.2 Å². The molecule has 154 valence electrons. The fourth-order valence-corrected chi connectivity index (χ4v) is 3.98. The number of morpholine rings is 1. The molecule has 2 aliphatic rings. The van der Waals surface area contributed by atoms with Crippen LogP contribution in [0.5, 0.6) is 11.6 Å². The van der Waals surface area contributed by atoms with Crippen molar-refractivity contribution in [3.63, 3.8) is 0 Å². The van der Waals surface area contributed by atoms with Gasteiger partial charge in [0.1, 0.15) is 5.75 Å². The number of rotatable bonds is 5. The summed E-state index contributed by atoms with van der Waals surface area (Å²) >= 11 is 6.07. The van der Waals surface area contributed by atoms with Crippen LogP contribution in [0.4, 0.5) is 0 Å². The summed E-state index contributed by atoms with van der Waals surface area (Å²) in [5.41, 5.74) is 2.92. The highest BCUT2D eigenvalue weighted by Gasteiger charge is 2.18. The maximum Gasteiger partial charge on any atom is 0.246 e. The van der Waals surface area contributed by atoms with Gasteiger partial charge in [-0.05, 0) is 35.7 Å². The van der Waals surface area contributed by atoms with Crippen LogP contribution in [0.15, 0.2) is 54.6 Å². The average Bonchev–Trinajstić information content (AvgIpc) is 3.15. The highest BCUT2D eigenvalue weighted by atomic mass is 35.5. The van der Waals surface area contributed by atoms with Crippen LogP contribution < -0.4 is 4.74 Å². The van der Waals surface area contributed by atoms with Gasteiger partial charge in [-0.2, -0.15) is 4.52 Å². The predicted octanol–water partition coefficient (Wildman–Crippen LogP) is 4.00. The van der Waals surface area contributed by atoms with E-state index in [0.717, 1.165) is 50.6 Å². The molecular weight excluding hydrogens is 402 g/mol. The second-order valence-corrected chi connectivity index (χ2v) is 7.77. The summed E-state index contributed by atoms with van der Waals surface area (Å²) < 4.78 is 13.2. The molecule has 5 rings (SSSR count). The van der Waals surface area contributed by atoms with Crippen molar-refractivity contribution in [2.75, 3.05) is 26.3 Å². The molecule has 3 heterocycles. The monoisotopic (exact) mass is 423 g/mol. The first-order chi connectivity index (χ1) is 14.8. The zero-order valence-electron chi connectivity index (χ0n) is 16.4. The number of aromatic nitrogens is 4. The molecule has 8 heteroatoms. The largest absolute Gasteiger partial charge is 0.437 e. The van der Waals surface area contributed by atoms with E-state index >= 15 is 0 Å². The van der Waals surface area contributed by atoms with Gasteiger partial charge in [0.25, 0.3) is 0 Å². The minimum Gasteiger partial charge on any atom is -0.437 e. The van der Waals surface area contributed by atoms with E-state index in [-0.39, 0.29) is 11.2 Å². The molecule has 3 aromatic rings. The lowest BCUT2D eigenvalue weighted by atomic mass is 9.91. The van der Waals surface area contributed by atoms with Crippen molar-refractivity contribution >= 4 is 17.2 Å². The molecule has 1 aliphatic carbocycles. The summed E-state index contributed by atoms with van der Waals surface area (Å²) in [6.07, 6.45) is 9.49. The molecule has 1 aromatic carbocycles. The van der Waals surface area contributed by atoms with E-state index in [9.17, 15) is 0 Å². The molecule has 1 aliphatic heterocycles. The molecule has 0 radical (unpaired) electrons. The second-order valence-electron chi connectivity index (χ2n) is 7.43. The molecule has 0 saturated carbocycles. The van der Waals surface area contributed by atoms with Crippen LogP contribution in [0.25, 0.3) is 5.65 Å². The first-order valence-corrected chi connectivity index (χ1v) is 10.5. The minimum atomic E-state index is 0.206. The Morgan fingerprint density at radius 1 is 1.10 bits per heavy atom. The molecule has 1 fully saturated rings. The Balaban J connectivity index is 1.46. The number of hydrogen-bond acceptors (Lipinski definition) is 6. The van der Waals surface area contributed by atoms with E-state index in [1.807, 2.05) is 0 Å². The fraction of sp³-hybridized carbons (Fsp3) is 0.318. The van der Waals surface area contributed by atoms with Gasteiger partial charge in [-0.25, -0.2) is 0 Å². The van der Waals surface area contributed by atoms with Crippen LogP contribution in [0.3, 0.4) is 0 Å². The van der Waals surface area contributed by atoms with Crippen molar-refractivity contribution in [3.05, 3.63) is 71.0 Å². The summed E-state index contributed by atoms with van der Waals surface area (Å²) in [4.78, 5) is 2.40. The van der Waals surface area contributed by atoms with Gasteiger partial charge < -0.3 is 9.47 Å². The van der Waals surface area contributed by atoms with E-state index in [0.29, 0.717) is 11.5 Å². The van der Waals surface area contributed by atoms with E-state index in [2.05, 4.69) is 62.7 Å². The van der Waals surface area contributed by atoms with Crippen molar-refractivity contribution in [2.24, 2.45) is 0 Å². The number of ether oxygens (including phenoxy) is 2. The van der Waals surface area contributed by atoms with Crippen LogP contribution in [0, 0.1) is 0 Å². The lowest BCUT2D eigenvalue weighted by Crippen LogP contribution is -2.35. The van der Waals surface area contributed by atoms with Gasteiger partial charge in [-0.15, -0.1) is 15.3 Å². The Morgan fingerprint density at radius 3 is 2.83 bits per heavy atom. The van der Waals surface area contributed by atoms with Crippen LogP contribution in [0.1, 0.15) is 23.5 Å². The zero-order chi connectivity index (χ0) is 20.3. The minimum absolute atomic E-state index is 0.206. The number of benzene rings is 1. The summed E-state index contributed by atoms with van der Waals surface area (Å²) in [6.45, 7) is 4.32. The van der Waals surface area contributed by atoms with Gasteiger partial charge in [0.15, 0.2) is 5.65 Å². The molecule has 1 saturated heterocycles. The Labute approximate surface area is 179 Å². The maximum atomic E-state index is 6.28. The first-order valence-electron chi connectivity index (χ1n) is 10.1. The Bertz CT molecular complexity index is 1100. The SMILES string of the molecule is Clc1nnc2ccc(Oc3cc(CN4CCOCC4)ccc3C3C=CC=CC3)nn12. The highest BCUT2D eigenvalue weighted by Crippen LogP contribution is 2.35. The topological polar surface area (TPSA) is 64.8 Å². The van der Waals surface area contributed by atoms with Gasteiger partial charge in [0.2, 0.25) is 11.2 Å². The molecule has 2 aromatic heterocycles. The quantitative estimate of drug-likeness (QED) is 0.618. The fourth-order valence-electron chi connectivity index (χ4n) is 3.81. The molecule has 7 nitrogen and oxygen atoms in total. The van der Waals surface area contributed by atoms with E-state index in [4.69, 9.17) is 21.1 Å². The number of fused-ring (bicyclic) bond motifs is 1. The third kappa shape index (κ3) is 4.09. The van der Waals surface area contributed by atoms with Crippen molar-refractivity contribution in [1.82, 2.24) is 24.7 Å². The summed E-state index contributed by atoms with van der Waals surface area (Å²) in [5, 5.41) is 12.5. The van der Waals surface area contributed by atoms with Crippen molar-refractivity contribution < 1.29 is 9.47 Å². The number of hydrogen-bond donors (Lipinski definition) is 0. The number of allylic oxidation sites excluding steroid dienone is 4.